The highest BCUT2D eigenvalue weighted by Gasteiger charge is 2.40. The number of hydrogen-bond donors (Lipinski definition) is 1. The van der Waals surface area contributed by atoms with Gasteiger partial charge in [0.05, 0.1) is 5.75 Å². The van der Waals surface area contributed by atoms with Gasteiger partial charge in [-0.05, 0) is 24.7 Å². The molecule has 0 aromatic carbocycles. The van der Waals surface area contributed by atoms with Crippen LogP contribution < -0.4 is 5.73 Å². The second-order valence-electron chi connectivity index (χ2n) is 5.16. The third-order valence-corrected chi connectivity index (χ3v) is 5.83. The lowest BCUT2D eigenvalue weighted by Gasteiger charge is -2.17. The number of nitrogens with zero attached hydrogens (tertiary/aromatic N) is 1. The first-order valence-electron chi connectivity index (χ1n) is 6.20. The molecule has 3 atom stereocenters. The Balaban J connectivity index is 0.00000144. The van der Waals surface area contributed by atoms with Crippen LogP contribution in [0.2, 0.25) is 0 Å². The predicted molar refractivity (Wildman–Crippen MR) is 72.2 cm³/mol. The molecule has 1 saturated carbocycles. The van der Waals surface area contributed by atoms with Gasteiger partial charge >= 0.3 is 0 Å². The zero-order chi connectivity index (χ0) is 11.8. The molecule has 2 N–H and O–H groups in total. The molecule has 1 heterocycles. The molecule has 3 unspecified atom stereocenters. The first kappa shape index (κ1) is 15.2. The molecule has 2 fully saturated rings. The number of rotatable bonds is 4. The van der Waals surface area contributed by atoms with Crippen molar-refractivity contribution in [2.24, 2.45) is 17.6 Å². The summed E-state index contributed by atoms with van der Waals surface area (Å²) in [6.07, 6.45) is 2.37. The third kappa shape index (κ3) is 3.56. The number of halogens is 1. The van der Waals surface area contributed by atoms with Crippen molar-refractivity contribution in [2.75, 3.05) is 31.1 Å². The van der Waals surface area contributed by atoms with Gasteiger partial charge < -0.3 is 10.6 Å². The van der Waals surface area contributed by atoms with Crippen molar-refractivity contribution in [1.29, 1.82) is 0 Å². The third-order valence-electron chi connectivity index (χ3n) is 4.15. The van der Waals surface area contributed by atoms with E-state index in [2.05, 4.69) is 4.90 Å². The molecular formula is C11H23ClN2O2S. The van der Waals surface area contributed by atoms with Crippen LogP contribution in [-0.4, -0.2) is 50.5 Å². The minimum Gasteiger partial charge on any atom is -0.327 e. The minimum absolute atomic E-state index is 0. The van der Waals surface area contributed by atoms with E-state index < -0.39 is 9.84 Å². The maximum Gasteiger partial charge on any atom is 0.151 e. The van der Waals surface area contributed by atoms with Crippen LogP contribution in [0.3, 0.4) is 0 Å². The van der Waals surface area contributed by atoms with Crippen molar-refractivity contribution >= 4 is 22.2 Å². The molecular weight excluding hydrogens is 260 g/mol. The van der Waals surface area contributed by atoms with Gasteiger partial charge in [-0.2, -0.15) is 0 Å². The van der Waals surface area contributed by atoms with Gasteiger partial charge in [-0.25, -0.2) is 8.42 Å². The maximum absolute atomic E-state index is 11.4. The van der Waals surface area contributed by atoms with Crippen LogP contribution in [0, 0.1) is 11.8 Å². The normalized spacial score (nSPS) is 33.4. The fourth-order valence-electron chi connectivity index (χ4n) is 2.99. The van der Waals surface area contributed by atoms with Crippen molar-refractivity contribution in [1.82, 2.24) is 4.90 Å². The lowest BCUT2D eigenvalue weighted by Crippen LogP contribution is -2.32. The Morgan fingerprint density at radius 2 is 2.00 bits per heavy atom. The van der Waals surface area contributed by atoms with Crippen molar-refractivity contribution < 1.29 is 8.42 Å². The van der Waals surface area contributed by atoms with Crippen molar-refractivity contribution in [3.8, 4) is 0 Å². The smallest absolute Gasteiger partial charge is 0.151 e. The van der Waals surface area contributed by atoms with Crippen LogP contribution in [0.25, 0.3) is 0 Å². The SMILES string of the molecule is CCS(=O)(=O)CCN1CC2CCC(N)C2C1.Cl. The Labute approximate surface area is 110 Å². The Kier molecular flexibility index (Phi) is 5.25. The molecule has 2 aliphatic rings. The largest absolute Gasteiger partial charge is 0.327 e. The standard InChI is InChI=1S/C11H22N2O2S.ClH/c1-2-16(14,15)6-5-13-7-9-3-4-11(12)10(9)8-13;/h9-11H,2-8,12H2,1H3;1H. The molecule has 0 aromatic heterocycles. The number of sulfone groups is 1. The van der Waals surface area contributed by atoms with E-state index in [-0.39, 0.29) is 18.2 Å². The zero-order valence-corrected chi connectivity index (χ0v) is 12.0. The summed E-state index contributed by atoms with van der Waals surface area (Å²) < 4.78 is 22.8. The quantitative estimate of drug-likeness (QED) is 0.816. The monoisotopic (exact) mass is 282 g/mol. The van der Waals surface area contributed by atoms with Crippen molar-refractivity contribution in [2.45, 2.75) is 25.8 Å². The van der Waals surface area contributed by atoms with E-state index in [1.807, 2.05) is 0 Å². The van der Waals surface area contributed by atoms with Crippen molar-refractivity contribution in [3.05, 3.63) is 0 Å². The molecule has 2 rings (SSSR count). The first-order chi connectivity index (χ1) is 7.52. The second-order valence-corrected chi connectivity index (χ2v) is 7.63. The molecule has 0 bridgehead atoms. The predicted octanol–water partition coefficient (Wildman–Crippen LogP) is 0.512. The van der Waals surface area contributed by atoms with E-state index in [0.29, 0.717) is 24.3 Å². The van der Waals surface area contributed by atoms with Gasteiger partial charge in [-0.15, -0.1) is 12.4 Å². The molecule has 1 aliphatic carbocycles. The highest BCUT2D eigenvalue weighted by atomic mass is 35.5. The fourth-order valence-corrected chi connectivity index (χ4v) is 3.82. The topological polar surface area (TPSA) is 63.4 Å². The highest BCUT2D eigenvalue weighted by molar-refractivity contribution is 7.91. The molecule has 1 aliphatic heterocycles. The summed E-state index contributed by atoms with van der Waals surface area (Å²) in [6.45, 7) is 4.46. The summed E-state index contributed by atoms with van der Waals surface area (Å²) >= 11 is 0. The van der Waals surface area contributed by atoms with Gasteiger partial charge in [-0.3, -0.25) is 0 Å². The molecule has 1 saturated heterocycles. The van der Waals surface area contributed by atoms with Crippen LogP contribution in [-0.2, 0) is 9.84 Å². The van der Waals surface area contributed by atoms with E-state index in [1.54, 1.807) is 6.92 Å². The van der Waals surface area contributed by atoms with Crippen LogP contribution in [0.1, 0.15) is 19.8 Å². The number of hydrogen-bond acceptors (Lipinski definition) is 4. The number of nitrogens with two attached hydrogens (primary N) is 1. The summed E-state index contributed by atoms with van der Waals surface area (Å²) in [7, 11) is -2.82. The molecule has 0 spiro atoms. The number of fused-ring (bicyclic) bond motifs is 1. The zero-order valence-electron chi connectivity index (χ0n) is 10.3. The first-order valence-corrected chi connectivity index (χ1v) is 8.02. The molecule has 17 heavy (non-hydrogen) atoms. The van der Waals surface area contributed by atoms with Gasteiger partial charge in [-0.1, -0.05) is 6.92 Å². The van der Waals surface area contributed by atoms with Crippen LogP contribution in [0.5, 0.6) is 0 Å². The Morgan fingerprint density at radius 3 is 2.59 bits per heavy atom. The molecule has 0 aromatic rings. The van der Waals surface area contributed by atoms with Crippen LogP contribution in [0.15, 0.2) is 0 Å². The van der Waals surface area contributed by atoms with Crippen LogP contribution >= 0.6 is 12.4 Å². The summed E-state index contributed by atoms with van der Waals surface area (Å²) in [4.78, 5) is 2.28. The number of likely N-dealkylation sites (tertiary alicyclic amines) is 1. The van der Waals surface area contributed by atoms with Crippen molar-refractivity contribution in [3.63, 3.8) is 0 Å². The van der Waals surface area contributed by atoms with E-state index in [0.717, 1.165) is 25.4 Å². The summed E-state index contributed by atoms with van der Waals surface area (Å²) in [6, 6.07) is 0.345. The van der Waals surface area contributed by atoms with Gasteiger partial charge in [0.15, 0.2) is 9.84 Å². The Bertz CT molecular complexity index is 347. The minimum atomic E-state index is -2.82. The lowest BCUT2D eigenvalue weighted by molar-refractivity contribution is 0.322. The lowest BCUT2D eigenvalue weighted by atomic mass is 9.98. The highest BCUT2D eigenvalue weighted by Crippen LogP contribution is 2.36. The fraction of sp³-hybridized carbons (Fsp3) is 1.00. The van der Waals surface area contributed by atoms with Gasteiger partial charge in [0.1, 0.15) is 0 Å². The summed E-state index contributed by atoms with van der Waals surface area (Å²) in [5.74, 6) is 1.90. The van der Waals surface area contributed by atoms with Gasteiger partial charge in [0.25, 0.3) is 0 Å². The molecule has 4 nitrogen and oxygen atoms in total. The molecule has 6 heteroatoms. The maximum atomic E-state index is 11.4. The van der Waals surface area contributed by atoms with E-state index in [1.165, 1.54) is 6.42 Å². The average Bonchev–Trinajstić information content (AvgIpc) is 2.79. The van der Waals surface area contributed by atoms with E-state index in [4.69, 9.17) is 5.73 Å². The van der Waals surface area contributed by atoms with E-state index >= 15 is 0 Å². The van der Waals surface area contributed by atoms with Crippen LogP contribution in [0.4, 0.5) is 0 Å². The average molecular weight is 283 g/mol. The molecule has 0 amide bonds. The Morgan fingerprint density at radius 1 is 1.29 bits per heavy atom. The van der Waals surface area contributed by atoms with E-state index in [9.17, 15) is 8.42 Å². The summed E-state index contributed by atoms with van der Waals surface area (Å²) in [5, 5.41) is 0. The Hall–Kier alpha value is 0.160. The molecule has 102 valence electrons. The van der Waals surface area contributed by atoms with Gasteiger partial charge in [0, 0.05) is 31.4 Å². The van der Waals surface area contributed by atoms with Gasteiger partial charge in [0.2, 0.25) is 0 Å². The summed E-state index contributed by atoms with van der Waals surface area (Å²) in [5.41, 5.74) is 6.05. The molecule has 0 radical (unpaired) electrons. The second kappa shape index (κ2) is 5.87.